The fourth-order valence-corrected chi connectivity index (χ4v) is 2.56. The van der Waals surface area contributed by atoms with Crippen LogP contribution in [-0.4, -0.2) is 5.91 Å². The quantitative estimate of drug-likeness (QED) is 0.597. The first-order chi connectivity index (χ1) is 9.38. The molecule has 0 fully saturated rings. The minimum atomic E-state index is -0.574. The number of hydrogen-bond acceptors (Lipinski definition) is 1. The molecule has 7 heteroatoms. The summed E-state index contributed by atoms with van der Waals surface area (Å²) < 4.78 is 13.9. The number of anilines is 1. The number of halogens is 5. The minimum absolute atomic E-state index is 0.0277. The summed E-state index contributed by atoms with van der Waals surface area (Å²) in [4.78, 5) is 12.1. The number of nitrogens with one attached hydrogen (secondary N) is 1. The number of amides is 1. The average molecular weight is 444 g/mol. The van der Waals surface area contributed by atoms with Crippen LogP contribution in [0.1, 0.15) is 10.4 Å². The molecule has 0 unspecified atom stereocenters. The van der Waals surface area contributed by atoms with Gasteiger partial charge in [-0.15, -0.1) is 0 Å². The average Bonchev–Trinajstić information content (AvgIpc) is 2.36. The molecule has 1 amide bonds. The van der Waals surface area contributed by atoms with E-state index < -0.39 is 11.7 Å². The van der Waals surface area contributed by atoms with Crippen LogP contribution in [0.5, 0.6) is 0 Å². The second-order valence-electron chi connectivity index (χ2n) is 3.83. The summed E-state index contributed by atoms with van der Waals surface area (Å²) in [6.07, 6.45) is 0. The zero-order valence-electron chi connectivity index (χ0n) is 9.68. The summed E-state index contributed by atoms with van der Waals surface area (Å²) in [6, 6.07) is 7.01. The zero-order chi connectivity index (χ0) is 14.9. The second-order valence-corrected chi connectivity index (χ2v) is 6.21. The summed E-state index contributed by atoms with van der Waals surface area (Å²) in [7, 11) is 0. The number of carbonyl (C=O) groups excluding carboxylic acids is 1. The van der Waals surface area contributed by atoms with Gasteiger partial charge in [-0.3, -0.25) is 4.79 Å². The van der Waals surface area contributed by atoms with Crippen molar-refractivity contribution in [1.82, 2.24) is 0 Å². The van der Waals surface area contributed by atoms with Gasteiger partial charge in [0.1, 0.15) is 5.82 Å². The molecule has 0 atom stereocenters. The molecule has 2 nitrogen and oxygen atoms in total. The van der Waals surface area contributed by atoms with Crippen molar-refractivity contribution in [3.05, 3.63) is 60.4 Å². The monoisotopic (exact) mass is 443 g/mol. The molecule has 104 valence electrons. The molecule has 0 aliphatic rings. The van der Waals surface area contributed by atoms with E-state index in [1.54, 1.807) is 12.1 Å². The molecule has 0 saturated heterocycles. The highest BCUT2D eigenvalue weighted by Crippen LogP contribution is 2.32. The van der Waals surface area contributed by atoms with Gasteiger partial charge in [-0.05, 0) is 52.9 Å². The molecule has 0 bridgehead atoms. The van der Waals surface area contributed by atoms with E-state index in [-0.39, 0.29) is 15.7 Å². The Hall–Kier alpha value is -0.560. The largest absolute Gasteiger partial charge is 0.319 e. The van der Waals surface area contributed by atoms with Crippen LogP contribution in [0.3, 0.4) is 0 Å². The molecular formula is C13H6Cl3FINO. The Kier molecular flexibility index (Phi) is 5.12. The Balaban J connectivity index is 2.30. The van der Waals surface area contributed by atoms with Crippen molar-refractivity contribution >= 4 is 69.0 Å². The van der Waals surface area contributed by atoms with Crippen LogP contribution in [0, 0.1) is 9.39 Å². The third kappa shape index (κ3) is 3.55. The summed E-state index contributed by atoms with van der Waals surface area (Å²) >= 11 is 19.7. The van der Waals surface area contributed by atoms with E-state index in [1.807, 2.05) is 0 Å². The highest BCUT2D eigenvalue weighted by molar-refractivity contribution is 14.1. The van der Waals surface area contributed by atoms with Crippen molar-refractivity contribution in [2.75, 3.05) is 5.32 Å². The molecule has 20 heavy (non-hydrogen) atoms. The van der Waals surface area contributed by atoms with E-state index in [9.17, 15) is 9.18 Å². The van der Waals surface area contributed by atoms with Crippen LogP contribution in [-0.2, 0) is 0 Å². The van der Waals surface area contributed by atoms with E-state index in [0.29, 0.717) is 10.6 Å². The van der Waals surface area contributed by atoms with Crippen LogP contribution >= 0.6 is 57.4 Å². The van der Waals surface area contributed by atoms with E-state index in [4.69, 9.17) is 34.8 Å². The molecule has 2 rings (SSSR count). The lowest BCUT2D eigenvalue weighted by atomic mass is 10.2. The Morgan fingerprint density at radius 1 is 1.05 bits per heavy atom. The van der Waals surface area contributed by atoms with Crippen LogP contribution in [0.2, 0.25) is 15.1 Å². The Morgan fingerprint density at radius 3 is 2.20 bits per heavy atom. The molecular weight excluding hydrogens is 438 g/mol. The third-order valence-corrected chi connectivity index (χ3v) is 4.60. The van der Waals surface area contributed by atoms with Crippen LogP contribution in [0.4, 0.5) is 10.1 Å². The van der Waals surface area contributed by atoms with E-state index in [1.165, 1.54) is 6.07 Å². The highest BCUT2D eigenvalue weighted by Gasteiger charge is 2.14. The fourth-order valence-electron chi connectivity index (χ4n) is 1.48. The lowest BCUT2D eigenvalue weighted by Crippen LogP contribution is -2.12. The molecule has 0 aromatic heterocycles. The van der Waals surface area contributed by atoms with Crippen LogP contribution < -0.4 is 5.32 Å². The fraction of sp³-hybridized carbons (Fsp3) is 0. The Bertz CT molecular complexity index is 670. The maximum Gasteiger partial charge on any atom is 0.255 e. The Labute approximate surface area is 143 Å². The van der Waals surface area contributed by atoms with Crippen molar-refractivity contribution in [1.29, 1.82) is 0 Å². The van der Waals surface area contributed by atoms with Gasteiger partial charge in [0, 0.05) is 9.13 Å². The molecule has 2 aromatic carbocycles. The van der Waals surface area contributed by atoms with E-state index >= 15 is 0 Å². The first-order valence-electron chi connectivity index (χ1n) is 5.29. The molecule has 0 aliphatic heterocycles. The maximum atomic E-state index is 13.1. The molecule has 1 N–H and O–H groups in total. The number of hydrogen-bond donors (Lipinski definition) is 1. The first-order valence-corrected chi connectivity index (χ1v) is 7.50. The van der Waals surface area contributed by atoms with Crippen molar-refractivity contribution in [3.8, 4) is 0 Å². The topological polar surface area (TPSA) is 29.1 Å². The lowest BCUT2D eigenvalue weighted by Gasteiger charge is -2.10. The molecule has 0 aliphatic carbocycles. The van der Waals surface area contributed by atoms with Crippen molar-refractivity contribution in [2.45, 2.75) is 0 Å². The van der Waals surface area contributed by atoms with Gasteiger partial charge >= 0.3 is 0 Å². The predicted octanol–water partition coefficient (Wildman–Crippen LogP) is 5.64. The zero-order valence-corrected chi connectivity index (χ0v) is 14.1. The van der Waals surface area contributed by atoms with Gasteiger partial charge in [0.25, 0.3) is 5.91 Å². The van der Waals surface area contributed by atoms with Gasteiger partial charge in [-0.1, -0.05) is 34.8 Å². The SMILES string of the molecule is O=C(Nc1c(Cl)cc(F)cc1Cl)c1ccc(I)c(Cl)c1. The summed E-state index contributed by atoms with van der Waals surface area (Å²) in [5.74, 6) is -1.01. The van der Waals surface area contributed by atoms with Gasteiger partial charge in [0.2, 0.25) is 0 Å². The third-order valence-electron chi connectivity index (χ3n) is 2.43. The van der Waals surface area contributed by atoms with Gasteiger partial charge < -0.3 is 5.32 Å². The van der Waals surface area contributed by atoms with Crippen LogP contribution in [0.25, 0.3) is 0 Å². The number of benzene rings is 2. The van der Waals surface area contributed by atoms with Gasteiger partial charge in [-0.25, -0.2) is 4.39 Å². The van der Waals surface area contributed by atoms with Crippen molar-refractivity contribution in [2.24, 2.45) is 0 Å². The predicted molar refractivity (Wildman–Crippen MR) is 88.5 cm³/mol. The molecule has 2 aromatic rings. The second kappa shape index (κ2) is 6.47. The molecule has 0 radical (unpaired) electrons. The van der Waals surface area contributed by atoms with Crippen LogP contribution in [0.15, 0.2) is 30.3 Å². The van der Waals surface area contributed by atoms with E-state index in [2.05, 4.69) is 27.9 Å². The Morgan fingerprint density at radius 2 is 1.65 bits per heavy atom. The summed E-state index contributed by atoms with van der Waals surface area (Å²) in [5.41, 5.74) is 0.515. The first kappa shape index (κ1) is 15.8. The molecule has 0 saturated carbocycles. The summed E-state index contributed by atoms with van der Waals surface area (Å²) in [5, 5.41) is 3.06. The minimum Gasteiger partial charge on any atom is -0.319 e. The lowest BCUT2D eigenvalue weighted by molar-refractivity contribution is 0.102. The smallest absolute Gasteiger partial charge is 0.255 e. The standard InChI is InChI=1S/C13H6Cl3FINO/c14-8-3-6(1-2-11(8)18)13(20)19-12-9(15)4-7(17)5-10(12)16/h1-5H,(H,19,20). The highest BCUT2D eigenvalue weighted by atomic mass is 127. The number of carbonyl (C=O) groups is 1. The normalized spacial score (nSPS) is 10.4. The van der Waals surface area contributed by atoms with Gasteiger partial charge in [0.05, 0.1) is 20.8 Å². The molecule has 0 spiro atoms. The van der Waals surface area contributed by atoms with E-state index in [0.717, 1.165) is 15.7 Å². The number of rotatable bonds is 2. The van der Waals surface area contributed by atoms with Crippen molar-refractivity contribution in [3.63, 3.8) is 0 Å². The van der Waals surface area contributed by atoms with Gasteiger partial charge in [0.15, 0.2) is 0 Å². The molecule has 0 heterocycles. The summed E-state index contributed by atoms with van der Waals surface area (Å²) in [6.45, 7) is 0. The van der Waals surface area contributed by atoms with Crippen molar-refractivity contribution < 1.29 is 9.18 Å². The van der Waals surface area contributed by atoms with Gasteiger partial charge in [-0.2, -0.15) is 0 Å². The maximum absolute atomic E-state index is 13.1.